The Labute approximate surface area is 150 Å². The predicted molar refractivity (Wildman–Crippen MR) is 101 cm³/mol. The third-order valence-electron chi connectivity index (χ3n) is 4.37. The minimum Gasteiger partial charge on any atom is -0.588 e. The number of unbranched alkanes of at least 4 members (excludes halogenated alkanes) is 12. The highest BCUT2D eigenvalue weighted by Gasteiger charge is 2.12. The summed E-state index contributed by atoms with van der Waals surface area (Å²) in [7, 11) is 0. The molecular weight excluding hydrogens is 300 g/mol. The van der Waals surface area contributed by atoms with E-state index in [1.807, 2.05) is 6.92 Å². The Morgan fingerprint density at radius 1 is 0.792 bits per heavy atom. The van der Waals surface area contributed by atoms with Crippen molar-refractivity contribution >= 4 is 5.97 Å². The molecule has 0 unspecified atom stereocenters. The molecule has 0 spiro atoms. The van der Waals surface area contributed by atoms with Crippen LogP contribution >= 0.6 is 0 Å². The Balaban J connectivity index is 3.27. The number of rotatable bonds is 17. The lowest BCUT2D eigenvalue weighted by Gasteiger charge is -2.03. The normalized spacial score (nSPS) is 11.7. The van der Waals surface area contributed by atoms with Gasteiger partial charge in [0.1, 0.15) is 6.42 Å². The summed E-state index contributed by atoms with van der Waals surface area (Å²) in [6, 6.07) is 0. The molecule has 0 atom stereocenters. The molecule has 24 heavy (non-hydrogen) atoms. The minimum atomic E-state index is 0.235. The third-order valence-corrected chi connectivity index (χ3v) is 4.37. The molecule has 0 rings (SSSR count). The van der Waals surface area contributed by atoms with Crippen LogP contribution in [-0.4, -0.2) is 12.6 Å². The van der Waals surface area contributed by atoms with Crippen LogP contribution in [0.5, 0.6) is 0 Å². The highest BCUT2D eigenvalue weighted by atomic mass is 17.1. The second-order valence-corrected chi connectivity index (χ2v) is 7.00. The van der Waals surface area contributed by atoms with Gasteiger partial charge in [-0.05, 0) is 13.3 Å². The predicted octanol–water partition coefficient (Wildman–Crippen LogP) is 5.79. The molecule has 0 heterocycles. The molecule has 142 valence electrons. The summed E-state index contributed by atoms with van der Waals surface area (Å²) in [6.45, 7) is 8.52. The highest BCUT2D eigenvalue weighted by Crippen LogP contribution is 2.13. The Kier molecular flexibility index (Phi) is 17.6. The second-order valence-electron chi connectivity index (χ2n) is 7.00. The monoisotopic (exact) mass is 340 g/mol. The van der Waals surface area contributed by atoms with E-state index in [2.05, 4.69) is 18.1 Å². The standard InChI is InChI=1S/C21H40O3/c1-4-5-6-7-8-9-10-11-12-13-14-15-16-17-21(24-22)23-19-18-20(2)3/h2,4-19H2,1,3H3. The van der Waals surface area contributed by atoms with Gasteiger partial charge in [0, 0.05) is 6.42 Å². The van der Waals surface area contributed by atoms with Crippen molar-refractivity contribution in [3.05, 3.63) is 12.2 Å². The SMILES string of the molecule is C=C(C)CCOC(CCCCCCCCCCCCCCC)=[O+][O-]. The summed E-state index contributed by atoms with van der Waals surface area (Å²) in [6.07, 6.45) is 18.6. The van der Waals surface area contributed by atoms with E-state index in [9.17, 15) is 5.26 Å². The molecule has 0 bridgehead atoms. The van der Waals surface area contributed by atoms with Gasteiger partial charge in [0.2, 0.25) is 0 Å². The second kappa shape index (κ2) is 18.4. The molecule has 0 aliphatic rings. The van der Waals surface area contributed by atoms with E-state index in [4.69, 9.17) is 4.74 Å². The van der Waals surface area contributed by atoms with Crippen molar-refractivity contribution in [3.63, 3.8) is 0 Å². The first-order valence-corrected chi connectivity index (χ1v) is 10.1. The number of hydrogen-bond donors (Lipinski definition) is 0. The van der Waals surface area contributed by atoms with E-state index < -0.39 is 0 Å². The van der Waals surface area contributed by atoms with E-state index in [-0.39, 0.29) is 5.97 Å². The van der Waals surface area contributed by atoms with Crippen molar-refractivity contribution in [1.82, 2.24) is 0 Å². The fourth-order valence-corrected chi connectivity index (χ4v) is 2.76. The zero-order valence-electron chi connectivity index (χ0n) is 16.2. The van der Waals surface area contributed by atoms with Crippen LogP contribution in [0.25, 0.3) is 0 Å². The molecule has 0 saturated carbocycles. The molecule has 0 aromatic rings. The van der Waals surface area contributed by atoms with E-state index in [0.717, 1.165) is 24.8 Å². The maximum absolute atomic E-state index is 10.6. The summed E-state index contributed by atoms with van der Waals surface area (Å²) < 4.78 is 9.38. The fraction of sp³-hybridized carbons (Fsp3) is 0.857. The van der Waals surface area contributed by atoms with Gasteiger partial charge >= 0.3 is 5.97 Å². The van der Waals surface area contributed by atoms with Crippen molar-refractivity contribution in [3.8, 4) is 0 Å². The molecule has 0 aromatic heterocycles. The quantitative estimate of drug-likeness (QED) is 0.0840. The van der Waals surface area contributed by atoms with Crippen molar-refractivity contribution in [2.45, 2.75) is 110 Å². The molecular formula is C21H40O3. The first-order valence-electron chi connectivity index (χ1n) is 10.1. The van der Waals surface area contributed by atoms with Gasteiger partial charge < -0.3 is 9.99 Å². The number of esters is 1. The zero-order valence-corrected chi connectivity index (χ0v) is 16.2. The van der Waals surface area contributed by atoms with Gasteiger partial charge in [-0.3, -0.25) is 4.58 Å². The molecule has 0 amide bonds. The summed E-state index contributed by atoms with van der Waals surface area (Å²) in [5.74, 6) is 0.235. The number of hydrogen-bond acceptors (Lipinski definition) is 2. The van der Waals surface area contributed by atoms with Crippen LogP contribution in [0, 0.1) is 0 Å². The maximum atomic E-state index is 10.6. The lowest BCUT2D eigenvalue weighted by molar-refractivity contribution is -1.05. The largest absolute Gasteiger partial charge is 0.588 e. The Morgan fingerprint density at radius 2 is 1.25 bits per heavy atom. The summed E-state index contributed by atoms with van der Waals surface area (Å²) >= 11 is 0. The maximum Gasteiger partial charge on any atom is 0.497 e. The first kappa shape index (κ1) is 23.0. The Morgan fingerprint density at radius 3 is 1.67 bits per heavy atom. The smallest absolute Gasteiger partial charge is 0.497 e. The molecule has 0 saturated heterocycles. The topological polar surface area (TPSA) is 43.6 Å². The molecule has 0 aromatic carbocycles. The van der Waals surface area contributed by atoms with Crippen molar-refractivity contribution in [1.29, 1.82) is 0 Å². The Hall–Kier alpha value is -0.990. The molecule has 3 heteroatoms. The van der Waals surface area contributed by atoms with E-state index >= 15 is 0 Å². The van der Waals surface area contributed by atoms with E-state index in [1.165, 1.54) is 70.6 Å². The van der Waals surface area contributed by atoms with Gasteiger partial charge in [0.05, 0.1) is 0 Å². The molecule has 0 aliphatic heterocycles. The van der Waals surface area contributed by atoms with Gasteiger partial charge in [0.25, 0.3) is 0 Å². The van der Waals surface area contributed by atoms with E-state index in [0.29, 0.717) is 13.0 Å². The van der Waals surface area contributed by atoms with Crippen LogP contribution in [0.15, 0.2) is 12.2 Å². The van der Waals surface area contributed by atoms with Crippen LogP contribution in [0.3, 0.4) is 0 Å². The van der Waals surface area contributed by atoms with Crippen LogP contribution in [0.4, 0.5) is 0 Å². The number of ether oxygens (including phenoxy) is 1. The molecule has 0 fully saturated rings. The molecule has 0 aliphatic carbocycles. The minimum absolute atomic E-state index is 0.235. The average Bonchev–Trinajstić information content (AvgIpc) is 2.57. The summed E-state index contributed by atoms with van der Waals surface area (Å²) in [5.41, 5.74) is 1.06. The van der Waals surface area contributed by atoms with Crippen LogP contribution in [0.1, 0.15) is 110 Å². The molecule has 0 radical (unpaired) electrons. The van der Waals surface area contributed by atoms with Crippen LogP contribution < -0.4 is 5.26 Å². The zero-order chi connectivity index (χ0) is 17.9. The van der Waals surface area contributed by atoms with Crippen LogP contribution in [-0.2, 0) is 9.31 Å². The third kappa shape index (κ3) is 17.4. The fourth-order valence-electron chi connectivity index (χ4n) is 2.76. The average molecular weight is 341 g/mol. The van der Waals surface area contributed by atoms with Crippen molar-refractivity contribution < 1.29 is 14.6 Å². The summed E-state index contributed by atoms with van der Waals surface area (Å²) in [4.78, 5) is 0. The van der Waals surface area contributed by atoms with Gasteiger partial charge in [-0.1, -0.05) is 96.1 Å². The van der Waals surface area contributed by atoms with Crippen LogP contribution in [0.2, 0.25) is 0 Å². The van der Waals surface area contributed by atoms with Gasteiger partial charge in [-0.25, -0.2) is 0 Å². The highest BCUT2D eigenvalue weighted by molar-refractivity contribution is 5.69. The van der Waals surface area contributed by atoms with Crippen molar-refractivity contribution in [2.24, 2.45) is 0 Å². The lowest BCUT2D eigenvalue weighted by Crippen LogP contribution is -2.14. The van der Waals surface area contributed by atoms with Gasteiger partial charge in [-0.2, -0.15) is 0 Å². The lowest BCUT2D eigenvalue weighted by atomic mass is 10.0. The van der Waals surface area contributed by atoms with Crippen molar-refractivity contribution in [2.75, 3.05) is 6.61 Å². The molecule has 3 nitrogen and oxygen atoms in total. The Bertz CT molecular complexity index is 310. The van der Waals surface area contributed by atoms with E-state index in [1.54, 1.807) is 0 Å². The number of carbonyl (C=O) groups excluding carboxylic acids is 1. The molecule has 0 N–H and O–H groups in total. The van der Waals surface area contributed by atoms with Gasteiger partial charge in [0.15, 0.2) is 6.61 Å². The first-order chi connectivity index (χ1) is 11.7. The summed E-state index contributed by atoms with van der Waals surface area (Å²) in [5, 5.41) is 10.6. The van der Waals surface area contributed by atoms with Gasteiger partial charge in [-0.15, -0.1) is 0 Å².